The van der Waals surface area contributed by atoms with Crippen LogP contribution in [0, 0.1) is 0 Å². The molecule has 2 aliphatic rings. The fourth-order valence-electron chi connectivity index (χ4n) is 3.14. The quantitative estimate of drug-likeness (QED) is 0.899. The lowest BCUT2D eigenvalue weighted by molar-refractivity contribution is -0.134. The Morgan fingerprint density at radius 3 is 2.55 bits per heavy atom. The number of alkyl halides is 3. The third-order valence-corrected chi connectivity index (χ3v) is 5.35. The van der Waals surface area contributed by atoms with E-state index in [9.17, 15) is 13.2 Å². The van der Waals surface area contributed by atoms with E-state index in [0.717, 1.165) is 61.9 Å². The van der Waals surface area contributed by atoms with Gasteiger partial charge < -0.3 is 5.32 Å². The number of piperazine rings is 1. The maximum atomic E-state index is 12.6. The van der Waals surface area contributed by atoms with Gasteiger partial charge in [0.1, 0.15) is 4.88 Å². The summed E-state index contributed by atoms with van der Waals surface area (Å²) in [5, 5.41) is 3.35. The van der Waals surface area contributed by atoms with E-state index >= 15 is 0 Å². The normalized spacial score (nSPS) is 24.4. The average Bonchev–Trinajstić information content (AvgIpc) is 3.09. The molecule has 0 aliphatic carbocycles. The maximum absolute atomic E-state index is 12.6. The second kappa shape index (κ2) is 7.49. The van der Waals surface area contributed by atoms with Crippen molar-refractivity contribution in [3.8, 4) is 0 Å². The molecule has 1 aromatic rings. The summed E-state index contributed by atoms with van der Waals surface area (Å²) in [6.45, 7) is 6.83. The predicted molar refractivity (Wildman–Crippen MR) is 84.7 cm³/mol. The monoisotopic (exact) mass is 355 g/mol. The number of halogens is 4. The standard InChI is InChI=1S/C14H20F3N3S.ClH/c15-14(16,17)13-2-1-12(21-13)10-19-6-3-11(9-19)20-7-4-18-5-8-20;/h1-2,11,18H,3-10H2;1H. The van der Waals surface area contributed by atoms with Gasteiger partial charge in [0.05, 0.1) is 0 Å². The number of nitrogens with zero attached hydrogens (tertiary/aromatic N) is 2. The van der Waals surface area contributed by atoms with Gasteiger partial charge >= 0.3 is 6.18 Å². The minimum absolute atomic E-state index is 0. The van der Waals surface area contributed by atoms with E-state index in [1.165, 1.54) is 6.07 Å². The van der Waals surface area contributed by atoms with E-state index in [1.54, 1.807) is 6.07 Å². The molecule has 3 heterocycles. The second-order valence-electron chi connectivity index (χ2n) is 5.73. The molecule has 2 fully saturated rings. The molecular formula is C14H21ClF3N3S. The SMILES string of the molecule is Cl.FC(F)(F)c1ccc(CN2CCC(N3CCNCC3)C2)s1. The van der Waals surface area contributed by atoms with Crippen LogP contribution in [-0.4, -0.2) is 55.1 Å². The summed E-state index contributed by atoms with van der Waals surface area (Å²) in [4.78, 5) is 5.10. The molecule has 2 saturated heterocycles. The maximum Gasteiger partial charge on any atom is 0.425 e. The Kier molecular flexibility index (Phi) is 6.13. The molecule has 126 valence electrons. The number of likely N-dealkylation sites (tertiary alicyclic amines) is 1. The third kappa shape index (κ3) is 4.35. The van der Waals surface area contributed by atoms with Gasteiger partial charge in [-0.3, -0.25) is 9.80 Å². The smallest absolute Gasteiger partial charge is 0.314 e. The lowest BCUT2D eigenvalue weighted by atomic mass is 10.2. The Balaban J connectivity index is 0.00000176. The van der Waals surface area contributed by atoms with Gasteiger partial charge in [0, 0.05) is 56.7 Å². The Morgan fingerprint density at radius 2 is 1.91 bits per heavy atom. The largest absolute Gasteiger partial charge is 0.425 e. The first-order valence-electron chi connectivity index (χ1n) is 7.35. The Labute approximate surface area is 138 Å². The van der Waals surface area contributed by atoms with Crippen LogP contribution >= 0.6 is 23.7 Å². The number of hydrogen-bond acceptors (Lipinski definition) is 4. The van der Waals surface area contributed by atoms with Crippen LogP contribution in [0.25, 0.3) is 0 Å². The van der Waals surface area contributed by atoms with Crippen molar-refractivity contribution in [1.82, 2.24) is 15.1 Å². The zero-order valence-electron chi connectivity index (χ0n) is 12.2. The topological polar surface area (TPSA) is 18.5 Å². The fourth-order valence-corrected chi connectivity index (χ4v) is 4.05. The van der Waals surface area contributed by atoms with Gasteiger partial charge in [0.2, 0.25) is 0 Å². The van der Waals surface area contributed by atoms with Gasteiger partial charge in [-0.15, -0.1) is 23.7 Å². The van der Waals surface area contributed by atoms with Crippen LogP contribution in [0.15, 0.2) is 12.1 Å². The lowest BCUT2D eigenvalue weighted by Crippen LogP contribution is -2.49. The molecule has 0 amide bonds. The van der Waals surface area contributed by atoms with E-state index in [0.29, 0.717) is 12.6 Å². The molecular weight excluding hydrogens is 335 g/mol. The van der Waals surface area contributed by atoms with Crippen molar-refractivity contribution < 1.29 is 13.2 Å². The highest BCUT2D eigenvalue weighted by atomic mass is 35.5. The summed E-state index contributed by atoms with van der Waals surface area (Å²) < 4.78 is 37.8. The summed E-state index contributed by atoms with van der Waals surface area (Å²) in [5.41, 5.74) is 0. The van der Waals surface area contributed by atoms with Crippen molar-refractivity contribution in [1.29, 1.82) is 0 Å². The van der Waals surface area contributed by atoms with Crippen LogP contribution in [-0.2, 0) is 12.7 Å². The number of nitrogens with one attached hydrogen (secondary N) is 1. The van der Waals surface area contributed by atoms with Gasteiger partial charge in [-0.1, -0.05) is 0 Å². The van der Waals surface area contributed by atoms with Crippen molar-refractivity contribution in [3.63, 3.8) is 0 Å². The highest BCUT2D eigenvalue weighted by Crippen LogP contribution is 2.35. The molecule has 22 heavy (non-hydrogen) atoms. The summed E-state index contributed by atoms with van der Waals surface area (Å²) in [6, 6.07) is 3.38. The zero-order valence-corrected chi connectivity index (χ0v) is 13.9. The van der Waals surface area contributed by atoms with Crippen LogP contribution in [0.4, 0.5) is 13.2 Å². The second-order valence-corrected chi connectivity index (χ2v) is 6.90. The molecule has 1 atom stereocenters. The summed E-state index contributed by atoms with van der Waals surface area (Å²) in [5.74, 6) is 0. The van der Waals surface area contributed by atoms with Crippen LogP contribution in [0.1, 0.15) is 16.2 Å². The molecule has 2 aliphatic heterocycles. The average molecular weight is 356 g/mol. The van der Waals surface area contributed by atoms with Crippen molar-refractivity contribution in [2.75, 3.05) is 39.3 Å². The highest BCUT2D eigenvalue weighted by Gasteiger charge is 2.33. The Hall–Kier alpha value is -0.340. The van der Waals surface area contributed by atoms with Crippen LogP contribution in [0.2, 0.25) is 0 Å². The molecule has 3 nitrogen and oxygen atoms in total. The third-order valence-electron chi connectivity index (χ3n) is 4.24. The van der Waals surface area contributed by atoms with E-state index in [2.05, 4.69) is 15.1 Å². The van der Waals surface area contributed by atoms with Gasteiger partial charge in [-0.25, -0.2) is 0 Å². The first kappa shape index (κ1) is 18.0. The van der Waals surface area contributed by atoms with Gasteiger partial charge in [0.15, 0.2) is 0 Å². The van der Waals surface area contributed by atoms with Gasteiger partial charge in [0.25, 0.3) is 0 Å². The van der Waals surface area contributed by atoms with Crippen LogP contribution in [0.5, 0.6) is 0 Å². The number of hydrogen-bond donors (Lipinski definition) is 1. The summed E-state index contributed by atoms with van der Waals surface area (Å²) in [7, 11) is 0. The first-order valence-corrected chi connectivity index (χ1v) is 8.17. The molecule has 1 N–H and O–H groups in total. The number of rotatable bonds is 3. The molecule has 0 bridgehead atoms. The Bertz CT molecular complexity index is 474. The van der Waals surface area contributed by atoms with Gasteiger partial charge in [-0.2, -0.15) is 13.2 Å². The molecule has 0 radical (unpaired) electrons. The van der Waals surface area contributed by atoms with Gasteiger partial charge in [-0.05, 0) is 18.6 Å². The van der Waals surface area contributed by atoms with Crippen LogP contribution in [0.3, 0.4) is 0 Å². The van der Waals surface area contributed by atoms with Crippen molar-refractivity contribution in [2.45, 2.75) is 25.2 Å². The lowest BCUT2D eigenvalue weighted by Gasteiger charge is -2.32. The highest BCUT2D eigenvalue weighted by molar-refractivity contribution is 7.12. The van der Waals surface area contributed by atoms with E-state index < -0.39 is 11.1 Å². The molecule has 1 aromatic heterocycles. The van der Waals surface area contributed by atoms with Crippen molar-refractivity contribution >= 4 is 23.7 Å². The molecule has 8 heteroatoms. The van der Waals surface area contributed by atoms with E-state index in [1.807, 2.05) is 0 Å². The molecule has 1 unspecified atom stereocenters. The van der Waals surface area contributed by atoms with Crippen molar-refractivity contribution in [2.24, 2.45) is 0 Å². The minimum Gasteiger partial charge on any atom is -0.314 e. The summed E-state index contributed by atoms with van der Waals surface area (Å²) in [6.07, 6.45) is -3.09. The molecule has 0 spiro atoms. The summed E-state index contributed by atoms with van der Waals surface area (Å²) >= 11 is 0.873. The zero-order chi connectivity index (χ0) is 14.9. The number of thiophene rings is 1. The minimum atomic E-state index is -4.21. The first-order chi connectivity index (χ1) is 10.0. The van der Waals surface area contributed by atoms with Crippen LogP contribution < -0.4 is 5.32 Å². The predicted octanol–water partition coefficient (Wildman–Crippen LogP) is 2.67. The Morgan fingerprint density at radius 1 is 1.18 bits per heavy atom. The fraction of sp³-hybridized carbons (Fsp3) is 0.714. The molecule has 0 aromatic carbocycles. The van der Waals surface area contributed by atoms with Crippen molar-refractivity contribution in [3.05, 3.63) is 21.9 Å². The molecule has 3 rings (SSSR count). The molecule has 0 saturated carbocycles. The van der Waals surface area contributed by atoms with E-state index in [-0.39, 0.29) is 12.4 Å². The van der Waals surface area contributed by atoms with E-state index in [4.69, 9.17) is 0 Å².